The van der Waals surface area contributed by atoms with E-state index in [0.717, 1.165) is 19.4 Å². The first kappa shape index (κ1) is 14.8. The summed E-state index contributed by atoms with van der Waals surface area (Å²) in [6, 6.07) is 4.27. The summed E-state index contributed by atoms with van der Waals surface area (Å²) < 4.78 is 19.5. The van der Waals surface area contributed by atoms with Crippen LogP contribution in [-0.2, 0) is 4.74 Å². The van der Waals surface area contributed by atoms with Crippen molar-refractivity contribution < 1.29 is 13.9 Å². The molecule has 1 aliphatic rings. The van der Waals surface area contributed by atoms with E-state index in [2.05, 4.69) is 5.32 Å². The number of rotatable bonds is 3. The van der Waals surface area contributed by atoms with E-state index in [1.54, 1.807) is 6.07 Å². The summed E-state index contributed by atoms with van der Waals surface area (Å²) in [6.45, 7) is 2.67. The molecule has 6 heteroatoms. The van der Waals surface area contributed by atoms with Crippen molar-refractivity contribution in [2.24, 2.45) is 0 Å². The maximum absolute atomic E-state index is 13.2. The van der Waals surface area contributed by atoms with Gasteiger partial charge in [0.25, 0.3) is 5.91 Å². The molecule has 0 unspecified atom stereocenters. The van der Waals surface area contributed by atoms with Crippen molar-refractivity contribution in [1.82, 2.24) is 5.32 Å². The Balaban J connectivity index is 1.82. The number of fused-ring (bicyclic) bond motifs is 1. The molecule has 0 radical (unpaired) electrons. The molecule has 2 atom stereocenters. The number of thiophene rings is 1. The highest BCUT2D eigenvalue weighted by molar-refractivity contribution is 7.21. The van der Waals surface area contributed by atoms with E-state index in [1.165, 1.54) is 23.5 Å². The van der Waals surface area contributed by atoms with Gasteiger partial charge in [0.1, 0.15) is 10.7 Å². The molecule has 2 aromatic rings. The SMILES string of the molecule is C[C@H](NC(=O)c1sc2cc(F)ccc2c1Cl)[C@@H]1CCCO1. The minimum absolute atomic E-state index is 0.0551. The summed E-state index contributed by atoms with van der Waals surface area (Å²) in [5.41, 5.74) is 0. The standard InChI is InChI=1S/C15H15ClFNO2S/c1-8(11-3-2-6-20-11)18-15(19)14-13(16)10-5-4-9(17)7-12(10)21-14/h4-5,7-8,11H,2-3,6H2,1H3,(H,18,19)/t8-,11-/m0/s1. The van der Waals surface area contributed by atoms with Gasteiger partial charge in [-0.15, -0.1) is 11.3 Å². The highest BCUT2D eigenvalue weighted by Gasteiger charge is 2.25. The first-order valence-electron chi connectivity index (χ1n) is 6.86. The van der Waals surface area contributed by atoms with Gasteiger partial charge in [-0.3, -0.25) is 4.79 Å². The minimum Gasteiger partial charge on any atom is -0.376 e. The van der Waals surface area contributed by atoms with E-state index in [1.807, 2.05) is 6.92 Å². The van der Waals surface area contributed by atoms with Crippen molar-refractivity contribution in [3.63, 3.8) is 0 Å². The average molecular weight is 328 g/mol. The van der Waals surface area contributed by atoms with Crippen LogP contribution in [0.4, 0.5) is 4.39 Å². The number of halogens is 2. The highest BCUT2D eigenvalue weighted by atomic mass is 35.5. The van der Waals surface area contributed by atoms with Crippen molar-refractivity contribution in [3.8, 4) is 0 Å². The van der Waals surface area contributed by atoms with Crippen molar-refractivity contribution in [3.05, 3.63) is 33.9 Å². The molecule has 2 heterocycles. The van der Waals surface area contributed by atoms with Crippen LogP contribution in [-0.4, -0.2) is 24.7 Å². The molecule has 112 valence electrons. The van der Waals surface area contributed by atoms with Gasteiger partial charge in [-0.1, -0.05) is 11.6 Å². The Bertz CT molecular complexity index is 682. The van der Waals surface area contributed by atoms with Gasteiger partial charge in [0.15, 0.2) is 0 Å². The van der Waals surface area contributed by atoms with E-state index < -0.39 is 0 Å². The fourth-order valence-electron chi connectivity index (χ4n) is 2.55. The maximum Gasteiger partial charge on any atom is 0.263 e. The Hall–Kier alpha value is -1.17. The number of benzene rings is 1. The predicted molar refractivity (Wildman–Crippen MR) is 82.7 cm³/mol. The number of nitrogens with one attached hydrogen (secondary N) is 1. The number of carbonyl (C=O) groups excluding carboxylic acids is 1. The molecule has 1 saturated heterocycles. The largest absolute Gasteiger partial charge is 0.376 e. The third kappa shape index (κ3) is 2.91. The third-order valence-corrected chi connectivity index (χ3v) is 5.34. The zero-order chi connectivity index (χ0) is 15.0. The Morgan fingerprint density at radius 1 is 1.57 bits per heavy atom. The predicted octanol–water partition coefficient (Wildman–Crippen LogP) is 3.99. The number of hydrogen-bond acceptors (Lipinski definition) is 3. The Morgan fingerprint density at radius 2 is 2.38 bits per heavy atom. The summed E-state index contributed by atoms with van der Waals surface area (Å²) in [4.78, 5) is 12.8. The maximum atomic E-state index is 13.2. The molecule has 0 spiro atoms. The van der Waals surface area contributed by atoms with Gasteiger partial charge in [0, 0.05) is 16.7 Å². The molecule has 0 bridgehead atoms. The summed E-state index contributed by atoms with van der Waals surface area (Å²) in [7, 11) is 0. The van der Waals surface area contributed by atoms with Gasteiger partial charge in [0.2, 0.25) is 0 Å². The molecule has 1 N–H and O–H groups in total. The van der Waals surface area contributed by atoms with Gasteiger partial charge in [-0.2, -0.15) is 0 Å². The number of ether oxygens (including phenoxy) is 1. The van der Waals surface area contributed by atoms with Crippen molar-refractivity contribution in [2.75, 3.05) is 6.61 Å². The molecule has 1 fully saturated rings. The van der Waals surface area contributed by atoms with E-state index in [4.69, 9.17) is 16.3 Å². The van der Waals surface area contributed by atoms with Crippen LogP contribution in [0, 0.1) is 5.82 Å². The zero-order valence-corrected chi connectivity index (χ0v) is 13.1. The molecular weight excluding hydrogens is 313 g/mol. The number of amides is 1. The molecule has 0 saturated carbocycles. The molecule has 0 aliphatic carbocycles. The normalized spacial score (nSPS) is 19.9. The van der Waals surface area contributed by atoms with Gasteiger partial charge >= 0.3 is 0 Å². The fraction of sp³-hybridized carbons (Fsp3) is 0.400. The Morgan fingerprint density at radius 3 is 3.10 bits per heavy atom. The van der Waals surface area contributed by atoms with E-state index >= 15 is 0 Å². The number of hydrogen-bond donors (Lipinski definition) is 1. The third-order valence-electron chi connectivity index (χ3n) is 3.68. The molecule has 1 aromatic carbocycles. The van der Waals surface area contributed by atoms with Crippen LogP contribution >= 0.6 is 22.9 Å². The molecular formula is C15H15ClFNO2S. The fourth-order valence-corrected chi connectivity index (χ4v) is 3.99. The summed E-state index contributed by atoms with van der Waals surface area (Å²) >= 11 is 7.45. The topological polar surface area (TPSA) is 38.3 Å². The lowest BCUT2D eigenvalue weighted by Gasteiger charge is -2.19. The minimum atomic E-state index is -0.333. The van der Waals surface area contributed by atoms with Gasteiger partial charge in [-0.05, 0) is 38.0 Å². The quantitative estimate of drug-likeness (QED) is 0.925. The second-order valence-electron chi connectivity index (χ2n) is 5.20. The molecule has 1 aliphatic heterocycles. The summed E-state index contributed by atoms with van der Waals surface area (Å²) in [5.74, 6) is -0.565. The van der Waals surface area contributed by atoms with Crippen molar-refractivity contribution >= 4 is 38.9 Å². The van der Waals surface area contributed by atoms with E-state index in [0.29, 0.717) is 20.0 Å². The van der Waals surface area contributed by atoms with Crippen LogP contribution in [0.15, 0.2) is 18.2 Å². The van der Waals surface area contributed by atoms with Crippen LogP contribution in [0.1, 0.15) is 29.4 Å². The monoisotopic (exact) mass is 327 g/mol. The second kappa shape index (κ2) is 5.91. The van der Waals surface area contributed by atoms with Crippen LogP contribution in [0.25, 0.3) is 10.1 Å². The first-order valence-corrected chi connectivity index (χ1v) is 8.05. The lowest BCUT2D eigenvalue weighted by molar-refractivity contribution is 0.0715. The van der Waals surface area contributed by atoms with Crippen LogP contribution in [0.2, 0.25) is 5.02 Å². The van der Waals surface area contributed by atoms with Gasteiger partial charge in [0.05, 0.1) is 17.2 Å². The van der Waals surface area contributed by atoms with Gasteiger partial charge < -0.3 is 10.1 Å². The number of carbonyl (C=O) groups is 1. The highest BCUT2D eigenvalue weighted by Crippen LogP contribution is 2.35. The molecule has 3 nitrogen and oxygen atoms in total. The molecule has 21 heavy (non-hydrogen) atoms. The molecule has 1 aromatic heterocycles. The summed E-state index contributed by atoms with van der Waals surface area (Å²) in [5, 5.41) is 4.01. The smallest absolute Gasteiger partial charge is 0.263 e. The Kier molecular flexibility index (Phi) is 4.15. The van der Waals surface area contributed by atoms with Gasteiger partial charge in [-0.25, -0.2) is 4.39 Å². The first-order chi connectivity index (χ1) is 10.1. The lowest BCUT2D eigenvalue weighted by Crippen LogP contribution is -2.40. The van der Waals surface area contributed by atoms with Crippen molar-refractivity contribution in [1.29, 1.82) is 0 Å². The van der Waals surface area contributed by atoms with E-state index in [9.17, 15) is 9.18 Å². The summed E-state index contributed by atoms with van der Waals surface area (Å²) in [6.07, 6.45) is 2.03. The molecule has 1 amide bonds. The Labute approximate surface area is 131 Å². The average Bonchev–Trinajstić information content (AvgIpc) is 3.07. The molecule has 3 rings (SSSR count). The lowest BCUT2D eigenvalue weighted by atomic mass is 10.1. The van der Waals surface area contributed by atoms with Crippen LogP contribution < -0.4 is 5.32 Å². The van der Waals surface area contributed by atoms with Crippen molar-refractivity contribution in [2.45, 2.75) is 31.9 Å². The second-order valence-corrected chi connectivity index (χ2v) is 6.63. The van der Waals surface area contributed by atoms with E-state index in [-0.39, 0.29) is 23.9 Å². The van der Waals surface area contributed by atoms with Crippen LogP contribution in [0.3, 0.4) is 0 Å². The van der Waals surface area contributed by atoms with Crippen LogP contribution in [0.5, 0.6) is 0 Å². The zero-order valence-electron chi connectivity index (χ0n) is 11.5.